The number of benzene rings is 1. The van der Waals surface area contributed by atoms with Crippen LogP contribution >= 0.6 is 0 Å². The van der Waals surface area contributed by atoms with Crippen LogP contribution in [0.2, 0.25) is 0 Å². The number of hydrogen-bond donors (Lipinski definition) is 1. The van der Waals surface area contributed by atoms with Gasteiger partial charge in [-0.1, -0.05) is 11.2 Å². The van der Waals surface area contributed by atoms with Crippen molar-refractivity contribution in [3.63, 3.8) is 0 Å². The predicted molar refractivity (Wildman–Crippen MR) is 89.2 cm³/mol. The van der Waals surface area contributed by atoms with Crippen LogP contribution in [0.1, 0.15) is 11.4 Å². The highest BCUT2D eigenvalue weighted by atomic mass is 19.1. The molecule has 3 rings (SSSR count). The van der Waals surface area contributed by atoms with Gasteiger partial charge in [-0.3, -0.25) is 4.79 Å². The third kappa shape index (κ3) is 4.71. The SMILES string of the molecule is Cc1cccc(NC(=O)COCc2cc(-c3ccc(F)cc3)on2)n1. The number of anilines is 1. The second kappa shape index (κ2) is 7.67. The zero-order valence-corrected chi connectivity index (χ0v) is 13.5. The summed E-state index contributed by atoms with van der Waals surface area (Å²) in [7, 11) is 0. The summed E-state index contributed by atoms with van der Waals surface area (Å²) in [6.45, 7) is 1.84. The Kier molecular flexibility index (Phi) is 5.15. The van der Waals surface area contributed by atoms with Gasteiger partial charge in [0.1, 0.15) is 23.9 Å². The monoisotopic (exact) mass is 341 g/mol. The molecule has 0 aliphatic carbocycles. The topological polar surface area (TPSA) is 77.2 Å². The minimum absolute atomic E-state index is 0.124. The molecular formula is C18H16FN3O3. The second-order valence-corrected chi connectivity index (χ2v) is 5.39. The number of pyridine rings is 1. The summed E-state index contributed by atoms with van der Waals surface area (Å²) in [5.74, 6) is 0.363. The number of amides is 1. The van der Waals surface area contributed by atoms with E-state index >= 15 is 0 Å². The van der Waals surface area contributed by atoms with Crippen LogP contribution in [0.25, 0.3) is 11.3 Å². The molecule has 0 aliphatic heterocycles. The van der Waals surface area contributed by atoms with Crippen LogP contribution in [0.15, 0.2) is 53.1 Å². The lowest BCUT2D eigenvalue weighted by Crippen LogP contribution is -2.19. The van der Waals surface area contributed by atoms with E-state index in [1.54, 1.807) is 24.3 Å². The van der Waals surface area contributed by atoms with Crippen molar-refractivity contribution in [2.45, 2.75) is 13.5 Å². The summed E-state index contributed by atoms with van der Waals surface area (Å²) >= 11 is 0. The molecule has 0 radical (unpaired) electrons. The van der Waals surface area contributed by atoms with Crippen LogP contribution in [0.4, 0.5) is 10.2 Å². The zero-order chi connectivity index (χ0) is 17.6. The van der Waals surface area contributed by atoms with E-state index in [2.05, 4.69) is 15.5 Å². The molecule has 3 aromatic rings. The van der Waals surface area contributed by atoms with Gasteiger partial charge in [-0.25, -0.2) is 9.37 Å². The van der Waals surface area contributed by atoms with Gasteiger partial charge in [-0.15, -0.1) is 0 Å². The van der Waals surface area contributed by atoms with Crippen molar-refractivity contribution in [3.05, 3.63) is 65.7 Å². The molecule has 2 heterocycles. The number of nitrogens with one attached hydrogen (secondary N) is 1. The molecule has 25 heavy (non-hydrogen) atoms. The first-order valence-electron chi connectivity index (χ1n) is 7.63. The van der Waals surface area contributed by atoms with Crippen molar-refractivity contribution >= 4 is 11.7 Å². The summed E-state index contributed by atoms with van der Waals surface area (Å²) in [5.41, 5.74) is 2.07. The highest BCUT2D eigenvalue weighted by Gasteiger charge is 2.09. The molecular weight excluding hydrogens is 325 g/mol. The van der Waals surface area contributed by atoms with E-state index in [-0.39, 0.29) is 24.9 Å². The number of aromatic nitrogens is 2. The maximum absolute atomic E-state index is 12.9. The van der Waals surface area contributed by atoms with Crippen molar-refractivity contribution in [1.82, 2.24) is 10.1 Å². The smallest absolute Gasteiger partial charge is 0.251 e. The molecule has 0 bridgehead atoms. The van der Waals surface area contributed by atoms with Gasteiger partial charge in [-0.05, 0) is 43.3 Å². The van der Waals surface area contributed by atoms with Gasteiger partial charge in [0.25, 0.3) is 5.91 Å². The number of halogens is 1. The largest absolute Gasteiger partial charge is 0.365 e. The average Bonchev–Trinajstić information content (AvgIpc) is 3.04. The highest BCUT2D eigenvalue weighted by molar-refractivity contribution is 5.90. The molecule has 0 fully saturated rings. The van der Waals surface area contributed by atoms with E-state index in [1.165, 1.54) is 12.1 Å². The molecule has 0 saturated heterocycles. The molecule has 2 aromatic heterocycles. The van der Waals surface area contributed by atoms with Crippen LogP contribution < -0.4 is 5.32 Å². The van der Waals surface area contributed by atoms with Crippen LogP contribution in [0.5, 0.6) is 0 Å². The Labute approximate surface area is 143 Å². The molecule has 1 N–H and O–H groups in total. The number of rotatable bonds is 6. The Morgan fingerprint density at radius 1 is 1.24 bits per heavy atom. The Hall–Kier alpha value is -3.06. The summed E-state index contributed by atoms with van der Waals surface area (Å²) < 4.78 is 23.4. The van der Waals surface area contributed by atoms with Crippen molar-refractivity contribution in [2.24, 2.45) is 0 Å². The standard InChI is InChI=1S/C18H16FN3O3/c1-12-3-2-4-17(20-12)21-18(23)11-24-10-15-9-16(25-22-15)13-5-7-14(19)8-6-13/h2-9H,10-11H2,1H3,(H,20,21,23). The molecule has 6 nitrogen and oxygen atoms in total. The van der Waals surface area contributed by atoms with Crippen molar-refractivity contribution in [2.75, 3.05) is 11.9 Å². The maximum Gasteiger partial charge on any atom is 0.251 e. The Morgan fingerprint density at radius 3 is 2.80 bits per heavy atom. The van der Waals surface area contributed by atoms with E-state index in [0.717, 1.165) is 5.69 Å². The molecule has 0 spiro atoms. The summed E-state index contributed by atoms with van der Waals surface area (Å²) in [6.07, 6.45) is 0. The first-order chi connectivity index (χ1) is 12.1. The lowest BCUT2D eigenvalue weighted by molar-refractivity contribution is -0.121. The van der Waals surface area contributed by atoms with E-state index < -0.39 is 0 Å². The molecule has 1 amide bonds. The van der Waals surface area contributed by atoms with Gasteiger partial charge in [0.2, 0.25) is 0 Å². The Bertz CT molecular complexity index is 862. The fraction of sp³-hybridized carbons (Fsp3) is 0.167. The first kappa shape index (κ1) is 16.8. The summed E-state index contributed by atoms with van der Waals surface area (Å²) in [6, 6.07) is 12.9. The second-order valence-electron chi connectivity index (χ2n) is 5.39. The van der Waals surface area contributed by atoms with Gasteiger partial charge in [-0.2, -0.15) is 0 Å². The van der Waals surface area contributed by atoms with Crippen LogP contribution in [0, 0.1) is 12.7 Å². The third-order valence-electron chi connectivity index (χ3n) is 3.33. The van der Waals surface area contributed by atoms with Gasteiger partial charge >= 0.3 is 0 Å². The minimum Gasteiger partial charge on any atom is -0.365 e. The number of carbonyl (C=O) groups excluding carboxylic acids is 1. The van der Waals surface area contributed by atoms with Crippen molar-refractivity contribution in [1.29, 1.82) is 0 Å². The molecule has 0 saturated carbocycles. The van der Waals surface area contributed by atoms with Crippen LogP contribution in [-0.2, 0) is 16.1 Å². The molecule has 0 unspecified atom stereocenters. The summed E-state index contributed by atoms with van der Waals surface area (Å²) in [4.78, 5) is 16.0. The fourth-order valence-corrected chi connectivity index (χ4v) is 2.17. The van der Waals surface area contributed by atoms with Crippen molar-refractivity contribution < 1.29 is 18.4 Å². The van der Waals surface area contributed by atoms with E-state index in [1.807, 2.05) is 19.1 Å². The maximum atomic E-state index is 12.9. The Balaban J connectivity index is 1.49. The fourth-order valence-electron chi connectivity index (χ4n) is 2.17. The quantitative estimate of drug-likeness (QED) is 0.744. The average molecular weight is 341 g/mol. The van der Waals surface area contributed by atoms with E-state index in [4.69, 9.17) is 9.26 Å². The summed E-state index contributed by atoms with van der Waals surface area (Å²) in [5, 5.41) is 6.52. The number of hydrogen-bond acceptors (Lipinski definition) is 5. The molecule has 0 atom stereocenters. The van der Waals surface area contributed by atoms with Gasteiger partial charge in [0, 0.05) is 17.3 Å². The van der Waals surface area contributed by atoms with Gasteiger partial charge < -0.3 is 14.6 Å². The number of carbonyl (C=O) groups is 1. The highest BCUT2D eigenvalue weighted by Crippen LogP contribution is 2.20. The van der Waals surface area contributed by atoms with E-state index in [0.29, 0.717) is 22.8 Å². The predicted octanol–water partition coefficient (Wildman–Crippen LogP) is 3.34. The lowest BCUT2D eigenvalue weighted by Gasteiger charge is -2.05. The molecule has 7 heteroatoms. The van der Waals surface area contributed by atoms with Gasteiger partial charge in [0.05, 0.1) is 6.61 Å². The Morgan fingerprint density at radius 2 is 2.04 bits per heavy atom. The number of nitrogens with zero attached hydrogens (tertiary/aromatic N) is 2. The van der Waals surface area contributed by atoms with Gasteiger partial charge in [0.15, 0.2) is 5.76 Å². The zero-order valence-electron chi connectivity index (χ0n) is 13.5. The molecule has 1 aromatic carbocycles. The van der Waals surface area contributed by atoms with E-state index in [9.17, 15) is 9.18 Å². The third-order valence-corrected chi connectivity index (χ3v) is 3.33. The minimum atomic E-state index is -0.319. The molecule has 128 valence electrons. The normalized spacial score (nSPS) is 10.6. The van der Waals surface area contributed by atoms with Crippen molar-refractivity contribution in [3.8, 4) is 11.3 Å². The van der Waals surface area contributed by atoms with Crippen LogP contribution in [-0.4, -0.2) is 22.7 Å². The number of aryl methyl sites for hydroxylation is 1. The first-order valence-corrected chi connectivity index (χ1v) is 7.63. The lowest BCUT2D eigenvalue weighted by atomic mass is 10.1. The van der Waals surface area contributed by atoms with Crippen LogP contribution in [0.3, 0.4) is 0 Å². The molecule has 0 aliphatic rings. The number of ether oxygens (including phenoxy) is 1.